The van der Waals surface area contributed by atoms with Crippen LogP contribution < -0.4 is 5.32 Å². The van der Waals surface area contributed by atoms with E-state index in [2.05, 4.69) is 17.3 Å². The summed E-state index contributed by atoms with van der Waals surface area (Å²) >= 11 is 5.24. The summed E-state index contributed by atoms with van der Waals surface area (Å²) in [4.78, 5) is 13.9. The van der Waals surface area contributed by atoms with Crippen LogP contribution in [-0.4, -0.2) is 40.2 Å². The fraction of sp³-hybridized carbons (Fsp3) is 0.471. The third-order valence-corrected chi connectivity index (χ3v) is 3.89. The molecule has 0 saturated carbocycles. The number of carbonyl (C=O) groups excluding carboxylic acids is 1. The van der Waals surface area contributed by atoms with Crippen molar-refractivity contribution in [3.8, 4) is 11.5 Å². The van der Waals surface area contributed by atoms with Crippen molar-refractivity contribution in [2.24, 2.45) is 0 Å². The van der Waals surface area contributed by atoms with Crippen LogP contribution in [0.25, 0.3) is 11.5 Å². The fourth-order valence-electron chi connectivity index (χ4n) is 2.28. The Hall–Kier alpha value is -1.99. The summed E-state index contributed by atoms with van der Waals surface area (Å²) in [5, 5.41) is 7.29. The molecule has 24 heavy (non-hydrogen) atoms. The number of hydrogen-bond acceptors (Lipinski definition) is 5. The van der Waals surface area contributed by atoms with E-state index in [9.17, 15) is 4.79 Å². The predicted octanol–water partition coefficient (Wildman–Crippen LogP) is 2.90. The van der Waals surface area contributed by atoms with Crippen LogP contribution in [0.2, 0.25) is 0 Å². The molecular formula is C17H24N4O2S. The van der Waals surface area contributed by atoms with Gasteiger partial charge in [0, 0.05) is 11.6 Å². The van der Waals surface area contributed by atoms with Gasteiger partial charge >= 0.3 is 0 Å². The van der Waals surface area contributed by atoms with E-state index in [4.69, 9.17) is 16.6 Å². The molecule has 1 amide bonds. The number of benzene rings is 1. The number of aromatic nitrogens is 2. The highest BCUT2D eigenvalue weighted by molar-refractivity contribution is 7.71. The first-order chi connectivity index (χ1) is 11.3. The molecule has 0 saturated heterocycles. The van der Waals surface area contributed by atoms with Gasteiger partial charge in [-0.2, -0.15) is 0 Å². The van der Waals surface area contributed by atoms with Crippen molar-refractivity contribution < 1.29 is 9.21 Å². The van der Waals surface area contributed by atoms with Crippen molar-refractivity contribution >= 4 is 18.1 Å². The molecule has 130 valence electrons. The number of aryl methyl sites for hydroxylation is 2. The van der Waals surface area contributed by atoms with E-state index < -0.39 is 0 Å². The highest BCUT2D eigenvalue weighted by Gasteiger charge is 2.13. The molecule has 2 rings (SSSR count). The molecule has 0 radical (unpaired) electrons. The summed E-state index contributed by atoms with van der Waals surface area (Å²) in [7, 11) is 1.84. The zero-order valence-corrected chi connectivity index (χ0v) is 15.6. The molecule has 6 nitrogen and oxygen atoms in total. The number of nitrogens with zero attached hydrogens (tertiary/aromatic N) is 3. The molecule has 0 bridgehead atoms. The van der Waals surface area contributed by atoms with Gasteiger partial charge in [0.05, 0.1) is 13.2 Å². The van der Waals surface area contributed by atoms with Crippen LogP contribution in [0, 0.1) is 18.7 Å². The summed E-state index contributed by atoms with van der Waals surface area (Å²) in [5.74, 6) is 0.458. The van der Waals surface area contributed by atoms with Gasteiger partial charge in [0.15, 0.2) is 0 Å². The maximum Gasteiger partial charge on any atom is 0.288 e. The molecule has 1 aromatic carbocycles. The van der Waals surface area contributed by atoms with Gasteiger partial charge in [-0.3, -0.25) is 9.69 Å². The first kappa shape index (κ1) is 18.4. The molecule has 0 aliphatic carbocycles. The number of amides is 1. The zero-order chi connectivity index (χ0) is 17.9. The molecule has 1 heterocycles. The SMILES string of the molecule is Cc1ccc(-c2nn(CN(C)CC(=O)NC(C)C)c(=S)o2)cc1C. The molecule has 7 heteroatoms. The van der Waals surface area contributed by atoms with Crippen LogP contribution in [0.4, 0.5) is 0 Å². The highest BCUT2D eigenvalue weighted by Crippen LogP contribution is 2.21. The second kappa shape index (κ2) is 7.72. The van der Waals surface area contributed by atoms with Gasteiger partial charge in [-0.15, -0.1) is 5.10 Å². The molecule has 0 spiro atoms. The summed E-state index contributed by atoms with van der Waals surface area (Å²) in [6, 6.07) is 6.15. The number of carbonyl (C=O) groups is 1. The number of rotatable bonds is 6. The molecule has 0 unspecified atom stereocenters. The molecular weight excluding hydrogens is 324 g/mol. The van der Waals surface area contributed by atoms with Crippen LogP contribution in [-0.2, 0) is 11.5 Å². The van der Waals surface area contributed by atoms with Crippen LogP contribution in [0.3, 0.4) is 0 Å². The van der Waals surface area contributed by atoms with Gasteiger partial charge in [-0.25, -0.2) is 4.68 Å². The van der Waals surface area contributed by atoms with Gasteiger partial charge in [-0.05, 0) is 70.2 Å². The van der Waals surface area contributed by atoms with Gasteiger partial charge < -0.3 is 9.73 Å². The lowest BCUT2D eigenvalue weighted by Crippen LogP contribution is -2.39. The van der Waals surface area contributed by atoms with Crippen LogP contribution >= 0.6 is 12.2 Å². The van der Waals surface area contributed by atoms with E-state index in [0.717, 1.165) is 5.56 Å². The fourth-order valence-corrected chi connectivity index (χ4v) is 2.46. The minimum Gasteiger partial charge on any atom is -0.409 e. The van der Waals surface area contributed by atoms with E-state index in [1.807, 2.05) is 50.9 Å². The summed E-state index contributed by atoms with van der Waals surface area (Å²) < 4.78 is 7.19. The topological polar surface area (TPSA) is 63.3 Å². The Morgan fingerprint density at radius 3 is 2.71 bits per heavy atom. The third kappa shape index (κ3) is 4.75. The normalized spacial score (nSPS) is 11.3. The number of likely N-dealkylation sites (N-methyl/N-ethyl adjacent to an activating group) is 1. The van der Waals surface area contributed by atoms with E-state index in [1.165, 1.54) is 11.1 Å². The minimum atomic E-state index is -0.0307. The predicted molar refractivity (Wildman–Crippen MR) is 96.1 cm³/mol. The van der Waals surface area contributed by atoms with Gasteiger partial charge in [0.2, 0.25) is 11.8 Å². The highest BCUT2D eigenvalue weighted by atomic mass is 32.1. The van der Waals surface area contributed by atoms with E-state index in [1.54, 1.807) is 4.68 Å². The van der Waals surface area contributed by atoms with Crippen molar-refractivity contribution in [2.45, 2.75) is 40.4 Å². The Bertz CT molecular complexity index is 779. The van der Waals surface area contributed by atoms with Crippen molar-refractivity contribution in [3.05, 3.63) is 34.2 Å². The molecule has 1 N–H and O–H groups in total. The van der Waals surface area contributed by atoms with Gasteiger partial charge in [-0.1, -0.05) is 6.07 Å². The zero-order valence-electron chi connectivity index (χ0n) is 14.8. The Morgan fingerprint density at radius 2 is 2.08 bits per heavy atom. The average Bonchev–Trinajstić information content (AvgIpc) is 2.82. The minimum absolute atomic E-state index is 0.0307. The first-order valence-corrected chi connectivity index (χ1v) is 8.30. The van der Waals surface area contributed by atoms with Crippen LogP contribution in [0.5, 0.6) is 0 Å². The monoisotopic (exact) mass is 348 g/mol. The van der Waals surface area contributed by atoms with E-state index >= 15 is 0 Å². The van der Waals surface area contributed by atoms with Crippen molar-refractivity contribution in [1.29, 1.82) is 0 Å². The molecule has 0 atom stereocenters. The van der Waals surface area contributed by atoms with Gasteiger partial charge in [0.1, 0.15) is 0 Å². The second-order valence-corrected chi connectivity index (χ2v) is 6.70. The van der Waals surface area contributed by atoms with Crippen molar-refractivity contribution in [2.75, 3.05) is 13.6 Å². The Morgan fingerprint density at radius 1 is 1.38 bits per heavy atom. The third-order valence-electron chi connectivity index (χ3n) is 3.60. The first-order valence-electron chi connectivity index (χ1n) is 7.89. The van der Waals surface area contributed by atoms with E-state index in [-0.39, 0.29) is 18.5 Å². The molecule has 1 aromatic heterocycles. The lowest BCUT2D eigenvalue weighted by Gasteiger charge is -2.16. The largest absolute Gasteiger partial charge is 0.409 e. The van der Waals surface area contributed by atoms with Crippen LogP contribution in [0.15, 0.2) is 22.6 Å². The number of nitrogens with one attached hydrogen (secondary N) is 1. The quantitative estimate of drug-likeness (QED) is 0.813. The maximum atomic E-state index is 11.8. The Labute approximate surface area is 147 Å². The Balaban J connectivity index is 2.10. The standard InChI is InChI=1S/C17H24N4O2S/c1-11(2)18-15(22)9-20(5)10-21-17(24)23-16(19-21)14-7-6-12(3)13(4)8-14/h6-8,11H,9-10H2,1-5H3,(H,18,22). The average molecular weight is 348 g/mol. The van der Waals surface area contributed by atoms with Gasteiger partial charge in [0.25, 0.3) is 4.84 Å². The summed E-state index contributed by atoms with van der Waals surface area (Å²) in [6.07, 6.45) is 0. The summed E-state index contributed by atoms with van der Waals surface area (Å²) in [5.41, 5.74) is 3.28. The van der Waals surface area contributed by atoms with Crippen LogP contribution in [0.1, 0.15) is 25.0 Å². The number of hydrogen-bond donors (Lipinski definition) is 1. The maximum absolute atomic E-state index is 11.8. The smallest absolute Gasteiger partial charge is 0.288 e. The Kier molecular flexibility index (Phi) is 5.90. The molecule has 0 fully saturated rings. The van der Waals surface area contributed by atoms with Crippen molar-refractivity contribution in [1.82, 2.24) is 20.0 Å². The second-order valence-electron chi connectivity index (χ2n) is 6.35. The lowest BCUT2D eigenvalue weighted by atomic mass is 10.1. The molecule has 2 aromatic rings. The van der Waals surface area contributed by atoms with Crippen molar-refractivity contribution in [3.63, 3.8) is 0 Å². The molecule has 0 aliphatic heterocycles. The molecule has 0 aliphatic rings. The van der Waals surface area contributed by atoms with E-state index in [0.29, 0.717) is 17.4 Å². The lowest BCUT2D eigenvalue weighted by molar-refractivity contribution is -0.122. The summed E-state index contributed by atoms with van der Waals surface area (Å²) in [6.45, 7) is 8.63.